The Morgan fingerprint density at radius 3 is 2.80 bits per heavy atom. The number of thiocarbonyl (C=S) groups is 1. The molecule has 3 heterocycles. The van der Waals surface area contributed by atoms with Crippen molar-refractivity contribution < 1.29 is 14.0 Å². The predicted molar refractivity (Wildman–Crippen MR) is 137 cm³/mol. The van der Waals surface area contributed by atoms with Crippen LogP contribution in [-0.4, -0.2) is 37.6 Å². The molecule has 1 fully saturated rings. The zero-order valence-corrected chi connectivity index (χ0v) is 20.8. The van der Waals surface area contributed by atoms with Gasteiger partial charge in [-0.25, -0.2) is 9.37 Å². The van der Waals surface area contributed by atoms with Gasteiger partial charge >= 0.3 is 0 Å². The van der Waals surface area contributed by atoms with Gasteiger partial charge < -0.3 is 10.2 Å². The van der Waals surface area contributed by atoms with Crippen molar-refractivity contribution in [2.24, 2.45) is 0 Å². The molecule has 2 aromatic carbocycles. The summed E-state index contributed by atoms with van der Waals surface area (Å²) < 4.78 is 15.1. The summed E-state index contributed by atoms with van der Waals surface area (Å²) in [6, 6.07) is 10.1. The number of amides is 2. The summed E-state index contributed by atoms with van der Waals surface area (Å²) in [5.41, 5.74) is 3.33. The van der Waals surface area contributed by atoms with E-state index in [0.29, 0.717) is 27.5 Å². The number of benzene rings is 2. The van der Waals surface area contributed by atoms with Crippen LogP contribution in [0.25, 0.3) is 10.9 Å². The summed E-state index contributed by atoms with van der Waals surface area (Å²) in [6.07, 6.45) is 1.65. The molecule has 0 radical (unpaired) electrons. The van der Waals surface area contributed by atoms with Crippen LogP contribution in [0.3, 0.4) is 0 Å². The lowest BCUT2D eigenvalue weighted by molar-refractivity contribution is -0.120. The number of hydrogen-bond acceptors (Lipinski definition) is 6. The molecule has 8 nitrogen and oxygen atoms in total. The first-order chi connectivity index (χ1) is 16.7. The quantitative estimate of drug-likeness (QED) is 0.390. The smallest absolute Gasteiger partial charge is 0.263 e. The molecule has 1 aliphatic heterocycles. The van der Waals surface area contributed by atoms with E-state index in [-0.39, 0.29) is 23.5 Å². The van der Waals surface area contributed by atoms with Crippen molar-refractivity contribution in [1.29, 1.82) is 0 Å². The monoisotopic (exact) mass is 508 g/mol. The van der Waals surface area contributed by atoms with E-state index in [2.05, 4.69) is 20.5 Å². The van der Waals surface area contributed by atoms with Gasteiger partial charge in [0.05, 0.1) is 28.6 Å². The number of H-pyrrole nitrogens is 1. The van der Waals surface area contributed by atoms with Crippen LogP contribution in [-0.2, 0) is 11.3 Å². The van der Waals surface area contributed by atoms with Crippen LogP contribution >= 0.6 is 23.6 Å². The molecule has 2 N–H and O–H groups in total. The van der Waals surface area contributed by atoms with Crippen molar-refractivity contribution in [2.75, 3.05) is 9.80 Å². The van der Waals surface area contributed by atoms with Crippen molar-refractivity contribution in [3.05, 3.63) is 70.1 Å². The highest BCUT2D eigenvalue weighted by Crippen LogP contribution is 2.38. The van der Waals surface area contributed by atoms with E-state index in [1.165, 1.54) is 22.3 Å². The molecule has 1 aliphatic rings. The molecule has 1 saturated heterocycles. The second kappa shape index (κ2) is 8.51. The summed E-state index contributed by atoms with van der Waals surface area (Å²) in [6.45, 7) is 5.27. The minimum absolute atomic E-state index is 0.0175. The average Bonchev–Trinajstić information content (AvgIpc) is 3.51. The fourth-order valence-electron chi connectivity index (χ4n) is 4.18. The highest BCUT2D eigenvalue weighted by molar-refractivity contribution is 7.81. The summed E-state index contributed by atoms with van der Waals surface area (Å²) >= 11 is 6.96. The average molecular weight is 509 g/mol. The van der Waals surface area contributed by atoms with Crippen molar-refractivity contribution in [1.82, 2.24) is 20.5 Å². The Balaban J connectivity index is 1.42. The minimum atomic E-state index is -1.05. The van der Waals surface area contributed by atoms with Gasteiger partial charge in [-0.3, -0.25) is 19.6 Å². The molecule has 0 bridgehead atoms. The molecule has 0 saturated carbocycles. The summed E-state index contributed by atoms with van der Waals surface area (Å²) in [4.78, 5) is 33.5. The molecule has 0 aliphatic carbocycles. The lowest BCUT2D eigenvalue weighted by Gasteiger charge is -2.29. The number of halogens is 1. The Morgan fingerprint density at radius 2 is 2.09 bits per heavy atom. The molecule has 35 heavy (non-hydrogen) atoms. The molecule has 0 unspecified atom stereocenters. The normalized spacial score (nSPS) is 15.3. The Hall–Kier alpha value is -3.70. The van der Waals surface area contributed by atoms with Crippen molar-refractivity contribution in [2.45, 2.75) is 32.9 Å². The van der Waals surface area contributed by atoms with Crippen LogP contribution in [0.4, 0.5) is 15.8 Å². The summed E-state index contributed by atoms with van der Waals surface area (Å²) in [5, 5.41) is 10.7. The fraction of sp³-hybridized carbons (Fsp3) is 0.208. The highest BCUT2D eigenvalue weighted by Gasteiger charge is 2.50. The molecule has 178 valence electrons. The minimum Gasteiger partial charge on any atom is -0.347 e. The SMILES string of the molecule is Cc1ncsc1C(=O)NCc1ccc(N2C(=S)N(c3cccc4[nH]ncc34)C(=O)C2(C)C)cc1F. The molecule has 2 aromatic heterocycles. The number of nitrogens with one attached hydrogen (secondary N) is 2. The van der Waals surface area contributed by atoms with E-state index >= 15 is 4.39 Å². The van der Waals surface area contributed by atoms with E-state index in [1.54, 1.807) is 55.6 Å². The Kier molecular flexibility index (Phi) is 5.60. The molecular formula is C24H21FN6O2S2. The van der Waals surface area contributed by atoms with Gasteiger partial charge in [0.1, 0.15) is 16.2 Å². The number of aryl methyl sites for hydroxylation is 1. The second-order valence-corrected chi connectivity index (χ2v) is 9.87. The van der Waals surface area contributed by atoms with Gasteiger partial charge in [0, 0.05) is 23.2 Å². The van der Waals surface area contributed by atoms with Crippen LogP contribution in [0.1, 0.15) is 34.8 Å². The molecule has 2 amide bonds. The maximum Gasteiger partial charge on any atom is 0.263 e. The maximum atomic E-state index is 15.1. The van der Waals surface area contributed by atoms with E-state index in [9.17, 15) is 9.59 Å². The largest absolute Gasteiger partial charge is 0.347 e. The zero-order chi connectivity index (χ0) is 24.9. The first-order valence-electron chi connectivity index (χ1n) is 10.8. The standard InChI is InChI=1S/C24H21FN6O2S2/c1-13-20(35-12-27-13)21(32)26-10-14-7-8-15(9-17(14)25)31-23(34)30(22(33)24(31,2)3)19-6-4-5-18-16(19)11-28-29-18/h4-9,11-12H,10H2,1-3H3,(H,26,32)(H,28,29). The molecule has 0 atom stereocenters. The predicted octanol–water partition coefficient (Wildman–Crippen LogP) is 4.31. The number of carbonyl (C=O) groups excluding carboxylic acids is 2. The Labute approximate surface area is 209 Å². The van der Waals surface area contributed by atoms with E-state index in [1.807, 2.05) is 12.1 Å². The molecule has 5 rings (SSSR count). The topological polar surface area (TPSA) is 94.2 Å². The molecule has 11 heteroatoms. The fourth-order valence-corrected chi connectivity index (χ4v) is 5.42. The third-order valence-corrected chi connectivity index (χ3v) is 7.35. The lowest BCUT2D eigenvalue weighted by atomic mass is 10.0. The number of hydrogen-bond donors (Lipinski definition) is 2. The van der Waals surface area contributed by atoms with E-state index in [0.717, 1.165) is 10.9 Å². The van der Waals surface area contributed by atoms with Crippen LogP contribution < -0.4 is 15.1 Å². The number of rotatable bonds is 5. The number of nitrogens with zero attached hydrogens (tertiary/aromatic N) is 4. The van der Waals surface area contributed by atoms with Gasteiger partial charge in [-0.05, 0) is 57.3 Å². The van der Waals surface area contributed by atoms with E-state index in [4.69, 9.17) is 12.2 Å². The summed E-state index contributed by atoms with van der Waals surface area (Å²) in [7, 11) is 0. The zero-order valence-electron chi connectivity index (χ0n) is 19.1. The van der Waals surface area contributed by atoms with Crippen molar-refractivity contribution in [3.8, 4) is 0 Å². The summed E-state index contributed by atoms with van der Waals surface area (Å²) in [5.74, 6) is -1.04. The third-order valence-electron chi connectivity index (χ3n) is 6.06. The van der Waals surface area contributed by atoms with Crippen LogP contribution in [0, 0.1) is 12.7 Å². The third kappa shape index (κ3) is 3.76. The van der Waals surface area contributed by atoms with Crippen LogP contribution in [0.5, 0.6) is 0 Å². The first-order valence-corrected chi connectivity index (χ1v) is 12.1. The second-order valence-electron chi connectivity index (χ2n) is 8.65. The van der Waals surface area contributed by atoms with Crippen LogP contribution in [0.2, 0.25) is 0 Å². The molecule has 4 aromatic rings. The molecule has 0 spiro atoms. The Morgan fingerprint density at radius 1 is 1.29 bits per heavy atom. The van der Waals surface area contributed by atoms with Gasteiger partial charge in [0.25, 0.3) is 11.8 Å². The van der Waals surface area contributed by atoms with Gasteiger partial charge in [-0.2, -0.15) is 5.10 Å². The number of thiazole rings is 1. The Bertz CT molecular complexity index is 1490. The van der Waals surface area contributed by atoms with Gasteiger partial charge in [0.2, 0.25) is 0 Å². The van der Waals surface area contributed by atoms with Gasteiger partial charge in [-0.1, -0.05) is 12.1 Å². The van der Waals surface area contributed by atoms with Gasteiger partial charge in [-0.15, -0.1) is 11.3 Å². The maximum absolute atomic E-state index is 15.1. The lowest BCUT2D eigenvalue weighted by Crippen LogP contribution is -2.44. The first kappa shape index (κ1) is 23.1. The van der Waals surface area contributed by atoms with Crippen molar-refractivity contribution in [3.63, 3.8) is 0 Å². The number of fused-ring (bicyclic) bond motifs is 1. The van der Waals surface area contributed by atoms with Gasteiger partial charge in [0.15, 0.2) is 5.11 Å². The number of carbonyl (C=O) groups is 2. The number of aromatic amines is 1. The number of aromatic nitrogens is 3. The van der Waals surface area contributed by atoms with Crippen molar-refractivity contribution >= 4 is 62.8 Å². The number of anilines is 2. The van der Waals surface area contributed by atoms with Crippen LogP contribution in [0.15, 0.2) is 48.1 Å². The van der Waals surface area contributed by atoms with E-state index < -0.39 is 11.4 Å². The highest BCUT2D eigenvalue weighted by atomic mass is 32.1. The molecular weight excluding hydrogens is 487 g/mol.